The van der Waals surface area contributed by atoms with E-state index >= 15 is 0 Å². The molecule has 2 aliphatic carbocycles. The number of aliphatic hydroxyl groups excluding tert-OH is 1. The van der Waals surface area contributed by atoms with Crippen molar-refractivity contribution in [1.82, 2.24) is 25.1 Å². The smallest absolute Gasteiger partial charge is 0.254 e. The third kappa shape index (κ3) is 3.60. The van der Waals surface area contributed by atoms with E-state index in [-0.39, 0.29) is 11.9 Å². The summed E-state index contributed by atoms with van der Waals surface area (Å²) in [5.41, 5.74) is 10.6. The van der Waals surface area contributed by atoms with Gasteiger partial charge in [0.1, 0.15) is 11.6 Å². The highest BCUT2D eigenvalue weighted by Gasteiger charge is 2.55. The van der Waals surface area contributed by atoms with E-state index in [0.717, 1.165) is 54.1 Å². The standard InChI is InChI=1S/C25H29N7O2/c1-14-15(2-5-23(29-14)31-11-19-20(12-31)21(19)13-33)9-32-10-16(8-28-32)25(34)30-22-4-3-18-17(22)6-7-27-24(18)26/h2,5-8,10,19-22,33H,3-4,9,11-13H2,1H3,(H2,26,27)(H,30,34)/t19-,20+,21-,22-/m1/s1. The molecule has 2 fully saturated rings. The number of nitrogens with zero attached hydrogens (tertiary/aromatic N) is 5. The van der Waals surface area contributed by atoms with Crippen LogP contribution in [0.25, 0.3) is 0 Å². The number of carbonyl (C=O) groups excluding carboxylic acids is 1. The predicted molar refractivity (Wildman–Crippen MR) is 127 cm³/mol. The number of hydrogen-bond donors (Lipinski definition) is 3. The van der Waals surface area contributed by atoms with Gasteiger partial charge in [0.25, 0.3) is 5.91 Å². The van der Waals surface area contributed by atoms with Gasteiger partial charge < -0.3 is 21.1 Å². The van der Waals surface area contributed by atoms with E-state index in [9.17, 15) is 9.90 Å². The lowest BCUT2D eigenvalue weighted by molar-refractivity contribution is 0.0936. The first kappa shape index (κ1) is 21.1. The van der Waals surface area contributed by atoms with Crippen LogP contribution < -0.4 is 16.0 Å². The fourth-order valence-electron chi connectivity index (χ4n) is 5.73. The van der Waals surface area contributed by atoms with Crippen molar-refractivity contribution >= 4 is 17.5 Å². The quantitative estimate of drug-likeness (QED) is 0.513. The number of carbonyl (C=O) groups is 1. The summed E-state index contributed by atoms with van der Waals surface area (Å²) >= 11 is 0. The first-order valence-corrected chi connectivity index (χ1v) is 11.9. The number of nitrogen functional groups attached to an aromatic ring is 1. The van der Waals surface area contributed by atoms with E-state index in [1.165, 1.54) is 0 Å². The zero-order valence-corrected chi connectivity index (χ0v) is 19.2. The van der Waals surface area contributed by atoms with Crippen LogP contribution in [0, 0.1) is 24.7 Å². The molecule has 9 nitrogen and oxygen atoms in total. The highest BCUT2D eigenvalue weighted by Crippen LogP contribution is 2.51. The molecule has 3 aliphatic rings. The van der Waals surface area contributed by atoms with Gasteiger partial charge >= 0.3 is 0 Å². The molecule has 9 heteroatoms. The Bertz CT molecular complexity index is 1240. The Morgan fingerprint density at radius 3 is 2.85 bits per heavy atom. The fourth-order valence-corrected chi connectivity index (χ4v) is 5.73. The van der Waals surface area contributed by atoms with Crippen molar-refractivity contribution in [1.29, 1.82) is 0 Å². The SMILES string of the molecule is Cc1nc(N2C[C@@H]3[C@H](CO)[C@@H]3C2)ccc1Cn1cc(C(=O)N[C@@H]2CCc3c2ccnc3N)cn1. The van der Waals surface area contributed by atoms with Crippen LogP contribution in [0.1, 0.15) is 45.2 Å². The van der Waals surface area contributed by atoms with E-state index in [0.29, 0.717) is 42.3 Å². The van der Waals surface area contributed by atoms with Crippen LogP contribution in [0.5, 0.6) is 0 Å². The van der Waals surface area contributed by atoms with Crippen molar-refractivity contribution in [2.45, 2.75) is 32.4 Å². The fraction of sp³-hybridized carbons (Fsp3) is 0.440. The Morgan fingerprint density at radius 2 is 2.09 bits per heavy atom. The Balaban J connectivity index is 1.09. The molecule has 0 radical (unpaired) electrons. The third-order valence-electron chi connectivity index (χ3n) is 7.80. The topological polar surface area (TPSA) is 122 Å². The summed E-state index contributed by atoms with van der Waals surface area (Å²) in [6.07, 6.45) is 6.72. The summed E-state index contributed by atoms with van der Waals surface area (Å²) in [7, 11) is 0. The lowest BCUT2D eigenvalue weighted by atomic mass is 10.1. The van der Waals surface area contributed by atoms with Crippen LogP contribution in [0.2, 0.25) is 0 Å². The third-order valence-corrected chi connectivity index (χ3v) is 7.80. The summed E-state index contributed by atoms with van der Waals surface area (Å²) < 4.78 is 1.78. The van der Waals surface area contributed by atoms with Gasteiger partial charge in [-0.3, -0.25) is 9.48 Å². The molecule has 4 heterocycles. The van der Waals surface area contributed by atoms with Crippen molar-refractivity contribution in [3.63, 3.8) is 0 Å². The molecule has 6 rings (SSSR count). The zero-order chi connectivity index (χ0) is 23.4. The lowest BCUT2D eigenvalue weighted by Crippen LogP contribution is -2.26. The van der Waals surface area contributed by atoms with Gasteiger partial charge in [0.2, 0.25) is 0 Å². The van der Waals surface area contributed by atoms with Gasteiger partial charge in [-0.1, -0.05) is 6.07 Å². The Hall–Kier alpha value is -3.46. The zero-order valence-electron chi connectivity index (χ0n) is 19.2. The number of piperidine rings is 1. The summed E-state index contributed by atoms with van der Waals surface area (Å²) in [5.74, 6) is 3.13. The van der Waals surface area contributed by atoms with Crippen molar-refractivity contribution in [3.05, 3.63) is 64.7 Å². The number of nitrogens with one attached hydrogen (secondary N) is 1. The number of pyridine rings is 2. The second-order valence-electron chi connectivity index (χ2n) is 9.75. The molecule has 1 amide bonds. The highest BCUT2D eigenvalue weighted by molar-refractivity contribution is 5.94. The van der Waals surface area contributed by atoms with Crippen LogP contribution in [0.3, 0.4) is 0 Å². The number of aliphatic hydroxyl groups is 1. The number of amides is 1. The van der Waals surface area contributed by atoms with Crippen LogP contribution >= 0.6 is 0 Å². The van der Waals surface area contributed by atoms with Crippen LogP contribution in [0.15, 0.2) is 36.8 Å². The number of aryl methyl sites for hydroxylation is 1. The molecule has 3 aromatic rings. The number of anilines is 2. The van der Waals surface area contributed by atoms with Crippen molar-refractivity contribution < 1.29 is 9.90 Å². The Labute approximate surface area is 198 Å². The van der Waals surface area contributed by atoms with Gasteiger partial charge in [0.05, 0.1) is 24.3 Å². The first-order valence-electron chi connectivity index (χ1n) is 11.9. The first-order chi connectivity index (χ1) is 16.5. The van der Waals surface area contributed by atoms with Crippen molar-refractivity contribution in [3.8, 4) is 0 Å². The van der Waals surface area contributed by atoms with Gasteiger partial charge in [-0.05, 0) is 66.3 Å². The molecule has 0 spiro atoms. The van der Waals surface area contributed by atoms with E-state index in [4.69, 9.17) is 10.7 Å². The molecule has 176 valence electrons. The summed E-state index contributed by atoms with van der Waals surface area (Å²) in [4.78, 5) is 24.1. The van der Waals surface area contributed by atoms with Gasteiger partial charge in [0.15, 0.2) is 0 Å². The van der Waals surface area contributed by atoms with E-state index in [1.54, 1.807) is 23.3 Å². The number of rotatable bonds is 6. The molecule has 4 atom stereocenters. The number of aromatic nitrogens is 4. The maximum Gasteiger partial charge on any atom is 0.254 e. The van der Waals surface area contributed by atoms with Crippen molar-refractivity contribution in [2.75, 3.05) is 30.3 Å². The van der Waals surface area contributed by atoms with E-state index in [1.807, 2.05) is 13.0 Å². The minimum atomic E-state index is -0.140. The monoisotopic (exact) mass is 459 g/mol. The Kier molecular flexibility index (Phi) is 5.02. The number of hydrogen-bond acceptors (Lipinski definition) is 7. The van der Waals surface area contributed by atoms with E-state index < -0.39 is 0 Å². The molecular weight excluding hydrogens is 430 g/mol. The molecule has 0 bridgehead atoms. The number of fused-ring (bicyclic) bond motifs is 2. The van der Waals surface area contributed by atoms with Gasteiger partial charge in [-0.25, -0.2) is 9.97 Å². The summed E-state index contributed by atoms with van der Waals surface area (Å²) in [6.45, 7) is 4.83. The van der Waals surface area contributed by atoms with Gasteiger partial charge in [-0.15, -0.1) is 0 Å². The molecule has 34 heavy (non-hydrogen) atoms. The minimum absolute atomic E-state index is 0.0561. The highest BCUT2D eigenvalue weighted by atomic mass is 16.3. The average Bonchev–Trinajstić information content (AvgIpc) is 3.27. The number of nitrogens with two attached hydrogens (primary N) is 1. The van der Waals surface area contributed by atoms with Gasteiger partial charge in [-0.2, -0.15) is 5.10 Å². The average molecular weight is 460 g/mol. The summed E-state index contributed by atoms with van der Waals surface area (Å²) in [5, 5.41) is 16.9. The molecule has 0 unspecified atom stereocenters. The van der Waals surface area contributed by atoms with Gasteiger partial charge in [0, 0.05) is 37.8 Å². The van der Waals surface area contributed by atoms with Crippen LogP contribution in [0.4, 0.5) is 11.6 Å². The lowest BCUT2D eigenvalue weighted by Gasteiger charge is -2.21. The molecule has 1 saturated carbocycles. The molecule has 3 aromatic heterocycles. The molecule has 4 N–H and O–H groups in total. The van der Waals surface area contributed by atoms with Crippen molar-refractivity contribution in [2.24, 2.45) is 17.8 Å². The minimum Gasteiger partial charge on any atom is -0.396 e. The maximum atomic E-state index is 12.8. The largest absolute Gasteiger partial charge is 0.396 e. The normalized spacial score (nSPS) is 24.7. The van der Waals surface area contributed by atoms with Crippen LogP contribution in [-0.2, 0) is 13.0 Å². The van der Waals surface area contributed by atoms with E-state index in [2.05, 4.69) is 32.4 Å². The predicted octanol–water partition coefficient (Wildman–Crippen LogP) is 1.70. The second kappa shape index (κ2) is 8.09. The molecule has 0 aromatic carbocycles. The second-order valence-corrected chi connectivity index (χ2v) is 9.75. The molecular formula is C25H29N7O2. The summed E-state index contributed by atoms with van der Waals surface area (Å²) in [6, 6.07) is 6.04. The molecule has 1 saturated heterocycles. The molecule has 1 aliphatic heterocycles. The van der Waals surface area contributed by atoms with Crippen LogP contribution in [-0.4, -0.2) is 50.5 Å². The Morgan fingerprint density at radius 1 is 1.26 bits per heavy atom. The maximum absolute atomic E-state index is 12.8.